The van der Waals surface area contributed by atoms with Gasteiger partial charge < -0.3 is 14.5 Å². The van der Waals surface area contributed by atoms with Crippen LogP contribution in [0.3, 0.4) is 0 Å². The Labute approximate surface area is 211 Å². The summed E-state index contributed by atoms with van der Waals surface area (Å²) in [6.07, 6.45) is 2.06. The molecule has 1 radical (unpaired) electrons. The number of amides is 1. The average Bonchev–Trinajstić information content (AvgIpc) is 2.71. The number of piperidine rings is 1. The third kappa shape index (κ3) is 6.96. The average molecular weight is 498 g/mol. The second kappa shape index (κ2) is 11.9. The number of nitrogens with zero attached hydrogens (tertiary/aromatic N) is 1. The fourth-order valence-corrected chi connectivity index (χ4v) is 4.64. The van der Waals surface area contributed by atoms with E-state index in [1.54, 1.807) is 0 Å². The van der Waals surface area contributed by atoms with Gasteiger partial charge in [0.15, 0.2) is 13.1 Å². The van der Waals surface area contributed by atoms with Gasteiger partial charge >= 0.3 is 5.97 Å². The summed E-state index contributed by atoms with van der Waals surface area (Å²) < 4.78 is 5.70. The number of hydrogen-bond donors (Lipinski definition) is 1. The van der Waals surface area contributed by atoms with Crippen LogP contribution in [0.25, 0.3) is 0 Å². The Bertz CT molecular complexity index is 867. The van der Waals surface area contributed by atoms with E-state index in [-0.39, 0.29) is 57.7 Å². The zero-order chi connectivity index (χ0) is 21.6. The van der Waals surface area contributed by atoms with Crippen molar-refractivity contribution in [2.45, 2.75) is 39.5 Å². The van der Waals surface area contributed by atoms with Gasteiger partial charge in [0.05, 0.1) is 19.7 Å². The molecular weight excluding hydrogens is 465 g/mol. The van der Waals surface area contributed by atoms with Crippen LogP contribution in [0.1, 0.15) is 42.4 Å². The molecule has 3 rings (SSSR count). The van der Waals surface area contributed by atoms with Gasteiger partial charge in [0.2, 0.25) is 0 Å². The molecule has 2 unspecified atom stereocenters. The van der Waals surface area contributed by atoms with Crippen LogP contribution < -0.4 is 5.32 Å². The molecule has 1 heterocycles. The van der Waals surface area contributed by atoms with Crippen molar-refractivity contribution < 1.29 is 51.5 Å². The standard InChI is InChI=1S/C25H32N2O3.Y/c1-4-30-24(29)18-27(15-9-14-22(16-27)21-12-6-5-7-13-21)17-23(28)26-25-19(2)10-8-11-20(25)3;/h5-8,10-13,22H,4,9,14-18H2,1-3H3;/p+1. The van der Waals surface area contributed by atoms with E-state index in [9.17, 15) is 9.59 Å². The molecule has 1 amide bonds. The minimum Gasteiger partial charge on any atom is -0.462 e. The van der Waals surface area contributed by atoms with Crippen molar-refractivity contribution in [3.63, 3.8) is 0 Å². The van der Waals surface area contributed by atoms with Gasteiger partial charge in [-0.2, -0.15) is 0 Å². The van der Waals surface area contributed by atoms with Gasteiger partial charge in [-0.05, 0) is 50.3 Å². The van der Waals surface area contributed by atoms with Gasteiger partial charge in [-0.25, -0.2) is 4.79 Å². The molecule has 163 valence electrons. The molecule has 1 N–H and O–H groups in total. The third-order valence-corrected chi connectivity index (χ3v) is 6.06. The van der Waals surface area contributed by atoms with Crippen molar-refractivity contribution >= 4 is 17.6 Å². The van der Waals surface area contributed by atoms with Crippen LogP contribution in [-0.4, -0.2) is 49.1 Å². The number of likely N-dealkylation sites (tertiary alicyclic amines) is 1. The Balaban J connectivity index is 0.00000341. The van der Waals surface area contributed by atoms with Gasteiger partial charge in [0.1, 0.15) is 0 Å². The predicted octanol–water partition coefficient (Wildman–Crippen LogP) is 4.20. The molecule has 0 spiro atoms. The monoisotopic (exact) mass is 498 g/mol. The molecule has 6 heteroatoms. The number of hydrogen-bond acceptors (Lipinski definition) is 3. The van der Waals surface area contributed by atoms with Crippen molar-refractivity contribution in [3.05, 3.63) is 65.2 Å². The van der Waals surface area contributed by atoms with E-state index >= 15 is 0 Å². The van der Waals surface area contributed by atoms with E-state index in [1.165, 1.54) is 5.56 Å². The van der Waals surface area contributed by atoms with E-state index in [2.05, 4.69) is 29.6 Å². The molecule has 5 nitrogen and oxygen atoms in total. The number of nitrogens with one attached hydrogen (secondary N) is 1. The first-order chi connectivity index (χ1) is 14.4. The van der Waals surface area contributed by atoms with Crippen LogP contribution in [0.2, 0.25) is 0 Å². The molecular formula is C25H33N2O3Y+. The molecule has 2 atom stereocenters. The van der Waals surface area contributed by atoms with Crippen LogP contribution in [0.4, 0.5) is 5.69 Å². The first-order valence-electron chi connectivity index (χ1n) is 10.8. The quantitative estimate of drug-likeness (QED) is 0.460. The second-order valence-electron chi connectivity index (χ2n) is 8.43. The van der Waals surface area contributed by atoms with Crippen LogP contribution in [0, 0.1) is 13.8 Å². The molecule has 0 saturated carbocycles. The fourth-order valence-electron chi connectivity index (χ4n) is 4.64. The van der Waals surface area contributed by atoms with Crippen LogP contribution in [0.15, 0.2) is 48.5 Å². The van der Waals surface area contributed by atoms with Crippen molar-refractivity contribution in [2.24, 2.45) is 0 Å². The van der Waals surface area contributed by atoms with Crippen LogP contribution in [0.5, 0.6) is 0 Å². The number of benzene rings is 2. The number of carbonyl (C=O) groups excluding carboxylic acids is 2. The second-order valence-corrected chi connectivity index (χ2v) is 8.43. The minimum atomic E-state index is -0.230. The van der Waals surface area contributed by atoms with Gasteiger partial charge in [-0.3, -0.25) is 4.79 Å². The largest absolute Gasteiger partial charge is 0.462 e. The van der Waals surface area contributed by atoms with Crippen LogP contribution >= 0.6 is 0 Å². The Hall–Kier alpha value is -1.56. The van der Waals surface area contributed by atoms with E-state index in [0.717, 1.165) is 42.7 Å². The zero-order valence-electron chi connectivity index (χ0n) is 18.9. The van der Waals surface area contributed by atoms with Crippen molar-refractivity contribution in [1.29, 1.82) is 0 Å². The summed E-state index contributed by atoms with van der Waals surface area (Å²) in [4.78, 5) is 25.5. The Kier molecular flexibility index (Phi) is 9.86. The predicted molar refractivity (Wildman–Crippen MR) is 119 cm³/mol. The molecule has 1 fully saturated rings. The zero-order valence-corrected chi connectivity index (χ0v) is 21.7. The van der Waals surface area contributed by atoms with E-state index in [4.69, 9.17) is 4.74 Å². The van der Waals surface area contributed by atoms with E-state index < -0.39 is 0 Å². The Morgan fingerprint density at radius 1 is 1.03 bits per heavy atom. The molecule has 31 heavy (non-hydrogen) atoms. The summed E-state index contributed by atoms with van der Waals surface area (Å²) in [6, 6.07) is 16.4. The molecule has 2 aromatic rings. The van der Waals surface area contributed by atoms with Crippen molar-refractivity contribution in [3.8, 4) is 0 Å². The van der Waals surface area contributed by atoms with Crippen LogP contribution in [-0.2, 0) is 47.0 Å². The molecule has 1 saturated heterocycles. The van der Waals surface area contributed by atoms with Gasteiger partial charge in [0, 0.05) is 44.3 Å². The number of quaternary nitrogens is 1. The van der Waals surface area contributed by atoms with Gasteiger partial charge in [-0.15, -0.1) is 0 Å². The smallest absolute Gasteiger partial charge is 0.361 e. The minimum absolute atomic E-state index is 0. The number of para-hydroxylation sites is 1. The topological polar surface area (TPSA) is 55.4 Å². The number of anilines is 1. The molecule has 0 bridgehead atoms. The fraction of sp³-hybridized carbons (Fsp3) is 0.440. The first kappa shape index (κ1) is 25.7. The summed E-state index contributed by atoms with van der Waals surface area (Å²) in [5.74, 6) is 0.0545. The third-order valence-electron chi connectivity index (χ3n) is 6.06. The molecule has 1 aliphatic heterocycles. The summed E-state index contributed by atoms with van der Waals surface area (Å²) >= 11 is 0. The van der Waals surface area contributed by atoms with Gasteiger partial charge in [0.25, 0.3) is 5.91 Å². The number of carbonyl (C=O) groups is 2. The maximum absolute atomic E-state index is 13.1. The maximum Gasteiger partial charge on any atom is 0.361 e. The SMILES string of the molecule is CCOC(=O)C[N+]1(CC(=O)Nc2c(C)cccc2C)CCCC(c2ccccc2)C1.[Y]. The summed E-state index contributed by atoms with van der Waals surface area (Å²) in [6.45, 7) is 8.25. The molecule has 1 aliphatic rings. The Morgan fingerprint density at radius 3 is 2.35 bits per heavy atom. The normalized spacial score (nSPS) is 20.4. The molecule has 2 aromatic carbocycles. The van der Waals surface area contributed by atoms with Crippen molar-refractivity contribution in [1.82, 2.24) is 0 Å². The van der Waals surface area contributed by atoms with Gasteiger partial charge in [-0.1, -0.05) is 48.5 Å². The molecule has 0 aromatic heterocycles. The Morgan fingerprint density at radius 2 is 1.71 bits per heavy atom. The van der Waals surface area contributed by atoms with E-state index in [0.29, 0.717) is 17.0 Å². The molecule has 0 aliphatic carbocycles. The van der Waals surface area contributed by atoms with Crippen molar-refractivity contribution in [2.75, 3.05) is 38.1 Å². The maximum atomic E-state index is 13.1. The number of aryl methyl sites for hydroxylation is 2. The first-order valence-corrected chi connectivity index (χ1v) is 10.8. The number of rotatable bonds is 7. The summed E-state index contributed by atoms with van der Waals surface area (Å²) in [7, 11) is 0. The summed E-state index contributed by atoms with van der Waals surface area (Å²) in [5, 5.41) is 3.10. The number of ether oxygens (including phenoxy) is 1. The van der Waals surface area contributed by atoms with E-state index in [1.807, 2.05) is 45.0 Å². The number of esters is 1. The summed E-state index contributed by atoms with van der Waals surface area (Å²) in [5.41, 5.74) is 4.23.